The molecule has 1 aromatic carbocycles. The number of aliphatic hydroxyl groups is 1. The highest BCUT2D eigenvalue weighted by molar-refractivity contribution is 7.14. The summed E-state index contributed by atoms with van der Waals surface area (Å²) in [6.07, 6.45) is 2.00. The Morgan fingerprint density at radius 1 is 1.17 bits per heavy atom. The second-order valence-electron chi connectivity index (χ2n) is 8.85. The molecule has 3 heterocycles. The van der Waals surface area contributed by atoms with Gasteiger partial charge in [0.15, 0.2) is 0 Å². The van der Waals surface area contributed by atoms with Gasteiger partial charge in [-0.25, -0.2) is 0 Å². The van der Waals surface area contributed by atoms with E-state index in [2.05, 4.69) is 60.0 Å². The van der Waals surface area contributed by atoms with Crippen LogP contribution in [0, 0.1) is 11.8 Å². The topological polar surface area (TPSA) is 47.0 Å². The van der Waals surface area contributed by atoms with Crippen LogP contribution in [0.4, 0.5) is 11.4 Å². The van der Waals surface area contributed by atoms with Crippen LogP contribution in [0.5, 0.6) is 0 Å². The van der Waals surface area contributed by atoms with Crippen molar-refractivity contribution in [3.63, 3.8) is 0 Å². The summed E-state index contributed by atoms with van der Waals surface area (Å²) in [7, 11) is 4.28. The van der Waals surface area contributed by atoms with E-state index in [-0.39, 0.29) is 5.91 Å². The zero-order chi connectivity index (χ0) is 21.5. The Morgan fingerprint density at radius 2 is 1.87 bits per heavy atom. The second-order valence-corrected chi connectivity index (χ2v) is 9.90. The van der Waals surface area contributed by atoms with Gasteiger partial charge in [0.1, 0.15) is 5.60 Å². The van der Waals surface area contributed by atoms with E-state index < -0.39 is 5.60 Å². The fourth-order valence-electron chi connectivity index (χ4n) is 4.02. The van der Waals surface area contributed by atoms with Crippen molar-refractivity contribution < 1.29 is 9.90 Å². The van der Waals surface area contributed by atoms with Gasteiger partial charge >= 0.3 is 0 Å². The molecule has 0 spiro atoms. The Balaban J connectivity index is 1.49. The van der Waals surface area contributed by atoms with Crippen molar-refractivity contribution in [3.05, 3.63) is 45.6 Å². The monoisotopic (exact) mass is 423 g/mol. The van der Waals surface area contributed by atoms with E-state index >= 15 is 0 Å². The zero-order valence-corrected chi connectivity index (χ0v) is 18.9. The summed E-state index contributed by atoms with van der Waals surface area (Å²) in [6.45, 7) is 6.10. The maximum absolute atomic E-state index is 13.1. The van der Waals surface area contributed by atoms with E-state index in [4.69, 9.17) is 0 Å². The lowest BCUT2D eigenvalue weighted by Gasteiger charge is -2.27. The van der Waals surface area contributed by atoms with Crippen LogP contribution in [-0.4, -0.2) is 61.3 Å². The molecule has 0 saturated carbocycles. The van der Waals surface area contributed by atoms with Gasteiger partial charge in [0.05, 0.1) is 9.75 Å². The molecule has 0 bridgehead atoms. The molecule has 0 unspecified atom stereocenters. The smallest absolute Gasteiger partial charge is 0.268 e. The van der Waals surface area contributed by atoms with Gasteiger partial charge in [-0.15, -0.1) is 11.3 Å². The van der Waals surface area contributed by atoms with Crippen LogP contribution < -0.4 is 9.80 Å². The second kappa shape index (κ2) is 8.07. The molecule has 5 nitrogen and oxygen atoms in total. The number of benzene rings is 1. The first-order valence-electron chi connectivity index (χ1n) is 10.4. The van der Waals surface area contributed by atoms with E-state index in [1.807, 2.05) is 11.0 Å². The first kappa shape index (κ1) is 20.9. The van der Waals surface area contributed by atoms with Crippen molar-refractivity contribution in [2.24, 2.45) is 0 Å². The average molecular weight is 424 g/mol. The number of thiophene rings is 1. The van der Waals surface area contributed by atoms with Crippen molar-refractivity contribution in [3.8, 4) is 11.8 Å². The Bertz CT molecular complexity index is 992. The number of carbonyl (C=O) groups excluding carboxylic acids is 1. The third-order valence-corrected chi connectivity index (χ3v) is 6.85. The van der Waals surface area contributed by atoms with Crippen LogP contribution >= 0.6 is 11.3 Å². The molecule has 1 amide bonds. The molecule has 2 aliphatic rings. The van der Waals surface area contributed by atoms with E-state index in [9.17, 15) is 9.90 Å². The predicted octanol–water partition coefficient (Wildman–Crippen LogP) is 3.21. The van der Waals surface area contributed by atoms with Crippen molar-refractivity contribution in [1.29, 1.82) is 0 Å². The number of hydrogen-bond donors (Lipinski definition) is 1. The summed E-state index contributed by atoms with van der Waals surface area (Å²) >= 11 is 1.42. The van der Waals surface area contributed by atoms with E-state index in [1.54, 1.807) is 13.8 Å². The molecule has 4 rings (SSSR count). The Morgan fingerprint density at radius 3 is 2.50 bits per heavy atom. The molecule has 2 aliphatic heterocycles. The molecule has 158 valence electrons. The fraction of sp³-hybridized carbons (Fsp3) is 0.458. The first-order valence-corrected chi connectivity index (χ1v) is 11.2. The van der Waals surface area contributed by atoms with Crippen molar-refractivity contribution >= 4 is 28.6 Å². The third kappa shape index (κ3) is 4.39. The minimum Gasteiger partial charge on any atom is -0.378 e. The normalized spacial score (nSPS) is 19.1. The van der Waals surface area contributed by atoms with Gasteiger partial charge in [-0.05, 0) is 76.7 Å². The zero-order valence-electron chi connectivity index (χ0n) is 18.1. The Hall–Kier alpha value is -2.33. The van der Waals surface area contributed by atoms with Crippen LogP contribution in [0.3, 0.4) is 0 Å². The predicted molar refractivity (Wildman–Crippen MR) is 124 cm³/mol. The molecule has 6 heteroatoms. The maximum Gasteiger partial charge on any atom is 0.268 e. The van der Waals surface area contributed by atoms with E-state index in [1.165, 1.54) is 23.4 Å². The quantitative estimate of drug-likeness (QED) is 0.770. The van der Waals surface area contributed by atoms with Gasteiger partial charge in [-0.1, -0.05) is 11.8 Å². The van der Waals surface area contributed by atoms with Gasteiger partial charge < -0.3 is 19.8 Å². The number of anilines is 2. The molecule has 1 atom stereocenters. The third-order valence-electron chi connectivity index (χ3n) is 5.76. The van der Waals surface area contributed by atoms with E-state index in [0.29, 0.717) is 12.6 Å². The molecule has 1 fully saturated rings. The molecular formula is C24H29N3O2S. The average Bonchev–Trinajstić information content (AvgIpc) is 3.34. The van der Waals surface area contributed by atoms with Crippen molar-refractivity contribution in [1.82, 2.24) is 4.90 Å². The number of hydrogen-bond acceptors (Lipinski definition) is 5. The molecule has 2 aromatic rings. The molecular weight excluding hydrogens is 394 g/mol. The summed E-state index contributed by atoms with van der Waals surface area (Å²) < 4.78 is 0. The van der Waals surface area contributed by atoms with Gasteiger partial charge in [0, 0.05) is 37.1 Å². The maximum atomic E-state index is 13.1. The van der Waals surface area contributed by atoms with E-state index in [0.717, 1.165) is 40.5 Å². The summed E-state index contributed by atoms with van der Waals surface area (Å²) in [5.74, 6) is 5.88. The van der Waals surface area contributed by atoms with Crippen LogP contribution in [0.1, 0.15) is 40.4 Å². The standard InChI is InChI=1S/C24H29N3O2S/c1-24(2,29)12-9-21-15-17-10-14-27(23(28)22(17)30-21)19-7-5-18(6-8-19)26-13-11-20(16-26)25(3)4/h5-8,15,20,29H,10-11,13-14,16H2,1-4H3/t20-/m1/s1. The number of rotatable bonds is 3. The highest BCUT2D eigenvalue weighted by Gasteiger charge is 2.28. The minimum atomic E-state index is -1.04. The Labute approximate surface area is 182 Å². The van der Waals surface area contributed by atoms with Crippen LogP contribution in [0.15, 0.2) is 30.3 Å². The van der Waals surface area contributed by atoms with Crippen LogP contribution in [-0.2, 0) is 6.42 Å². The highest BCUT2D eigenvalue weighted by Crippen LogP contribution is 2.32. The van der Waals surface area contributed by atoms with Gasteiger partial charge in [-0.2, -0.15) is 0 Å². The number of carbonyl (C=O) groups is 1. The Kier molecular flexibility index (Phi) is 5.63. The van der Waals surface area contributed by atoms with Gasteiger partial charge in [0.25, 0.3) is 5.91 Å². The minimum absolute atomic E-state index is 0.0409. The lowest BCUT2D eigenvalue weighted by molar-refractivity contribution is 0.0985. The first-order chi connectivity index (χ1) is 14.2. The number of amides is 1. The lowest BCUT2D eigenvalue weighted by atomic mass is 10.1. The van der Waals surface area contributed by atoms with Crippen molar-refractivity contribution in [2.75, 3.05) is 43.5 Å². The molecule has 1 aromatic heterocycles. The fourth-order valence-corrected chi connectivity index (χ4v) is 5.03. The number of fused-ring (bicyclic) bond motifs is 1. The largest absolute Gasteiger partial charge is 0.378 e. The molecule has 1 N–H and O–H groups in total. The number of nitrogens with zero attached hydrogens (tertiary/aromatic N) is 3. The highest BCUT2D eigenvalue weighted by atomic mass is 32.1. The molecule has 0 radical (unpaired) electrons. The summed E-state index contributed by atoms with van der Waals surface area (Å²) in [5, 5.41) is 9.82. The van der Waals surface area contributed by atoms with Crippen LogP contribution in [0.2, 0.25) is 0 Å². The van der Waals surface area contributed by atoms with Crippen LogP contribution in [0.25, 0.3) is 0 Å². The summed E-state index contributed by atoms with van der Waals surface area (Å²) in [5.41, 5.74) is 2.18. The SMILES string of the molecule is CN(C)[C@@H]1CCN(c2ccc(N3CCc4cc(C#CC(C)(C)O)sc4C3=O)cc2)C1. The lowest BCUT2D eigenvalue weighted by Crippen LogP contribution is -2.36. The van der Waals surface area contributed by atoms with Gasteiger partial charge in [-0.3, -0.25) is 4.79 Å². The molecule has 1 saturated heterocycles. The van der Waals surface area contributed by atoms with Gasteiger partial charge in [0.2, 0.25) is 0 Å². The summed E-state index contributed by atoms with van der Waals surface area (Å²) in [4.78, 5) is 21.3. The molecule has 0 aliphatic carbocycles. The van der Waals surface area contributed by atoms with Crippen molar-refractivity contribution in [2.45, 2.75) is 38.3 Å². The summed E-state index contributed by atoms with van der Waals surface area (Å²) in [6, 6.07) is 11.0. The number of likely N-dealkylation sites (N-methyl/N-ethyl adjacent to an activating group) is 1. The molecule has 30 heavy (non-hydrogen) atoms.